The quantitative estimate of drug-likeness (QED) is 0.784. The van der Waals surface area contributed by atoms with Crippen molar-refractivity contribution in [1.29, 1.82) is 0 Å². The van der Waals surface area contributed by atoms with E-state index in [0.717, 1.165) is 12.8 Å². The van der Waals surface area contributed by atoms with Crippen molar-refractivity contribution in [2.24, 2.45) is 5.92 Å². The lowest BCUT2D eigenvalue weighted by molar-refractivity contribution is -0.141. The minimum atomic E-state index is -0.801. The summed E-state index contributed by atoms with van der Waals surface area (Å²) in [6.07, 6.45) is 4.47. The van der Waals surface area contributed by atoms with Crippen molar-refractivity contribution in [2.75, 3.05) is 13.1 Å². The molecule has 1 unspecified atom stereocenters. The summed E-state index contributed by atoms with van der Waals surface area (Å²) in [6.45, 7) is 2.46. The summed E-state index contributed by atoms with van der Waals surface area (Å²) in [5.74, 6) is -1.18. The summed E-state index contributed by atoms with van der Waals surface area (Å²) in [7, 11) is 0. The molecule has 1 atom stereocenters. The molecule has 0 aliphatic heterocycles. The largest absolute Gasteiger partial charge is 0.481 e. The van der Waals surface area contributed by atoms with E-state index < -0.39 is 11.9 Å². The molecule has 1 aromatic rings. The Morgan fingerprint density at radius 2 is 1.86 bits per heavy atom. The van der Waals surface area contributed by atoms with E-state index in [0.29, 0.717) is 24.7 Å². The summed E-state index contributed by atoms with van der Waals surface area (Å²) in [5, 5.41) is 9.11. The molecule has 1 aliphatic rings. The van der Waals surface area contributed by atoms with Crippen LogP contribution in [0.25, 0.3) is 0 Å². The summed E-state index contributed by atoms with van der Waals surface area (Å²) < 4.78 is 0. The van der Waals surface area contributed by atoms with Crippen LogP contribution in [0.1, 0.15) is 43.0 Å². The number of carboxylic acid groups (broad SMARTS) is 1. The van der Waals surface area contributed by atoms with E-state index in [1.54, 1.807) is 6.92 Å². The highest BCUT2D eigenvalue weighted by Crippen LogP contribution is 2.24. The fourth-order valence-electron chi connectivity index (χ4n) is 2.94. The lowest BCUT2D eigenvalue weighted by Gasteiger charge is -2.29. The zero-order valence-corrected chi connectivity index (χ0v) is 12.5. The van der Waals surface area contributed by atoms with E-state index >= 15 is 0 Å². The van der Waals surface area contributed by atoms with E-state index in [-0.39, 0.29) is 5.78 Å². The van der Waals surface area contributed by atoms with Crippen molar-refractivity contribution in [2.45, 2.75) is 38.6 Å². The Morgan fingerprint density at radius 3 is 2.43 bits per heavy atom. The Bertz CT molecular complexity index is 480. The molecule has 114 valence electrons. The second-order valence-electron chi connectivity index (χ2n) is 5.90. The first-order valence-electron chi connectivity index (χ1n) is 7.63. The number of carbonyl (C=O) groups excluding carboxylic acids is 1. The van der Waals surface area contributed by atoms with Crippen molar-refractivity contribution in [3.8, 4) is 0 Å². The Kier molecular flexibility index (Phi) is 5.51. The SMILES string of the molecule is CC(CN(CC(=O)c1ccccc1)C1CCCC1)C(=O)O. The van der Waals surface area contributed by atoms with Crippen molar-refractivity contribution in [3.63, 3.8) is 0 Å². The minimum Gasteiger partial charge on any atom is -0.481 e. The summed E-state index contributed by atoms with van der Waals surface area (Å²) in [6, 6.07) is 9.57. The van der Waals surface area contributed by atoms with Gasteiger partial charge in [0.2, 0.25) is 0 Å². The number of nitrogens with zero attached hydrogens (tertiary/aromatic N) is 1. The lowest BCUT2D eigenvalue weighted by Crippen LogP contribution is -2.41. The highest BCUT2D eigenvalue weighted by molar-refractivity contribution is 5.97. The van der Waals surface area contributed by atoms with Crippen LogP contribution >= 0.6 is 0 Å². The smallest absolute Gasteiger partial charge is 0.307 e. The molecule has 4 heteroatoms. The second kappa shape index (κ2) is 7.36. The molecule has 0 bridgehead atoms. The van der Waals surface area contributed by atoms with Gasteiger partial charge < -0.3 is 5.11 Å². The van der Waals surface area contributed by atoms with Gasteiger partial charge in [-0.3, -0.25) is 14.5 Å². The van der Waals surface area contributed by atoms with Gasteiger partial charge >= 0.3 is 5.97 Å². The minimum absolute atomic E-state index is 0.0695. The molecule has 0 amide bonds. The van der Waals surface area contributed by atoms with Crippen LogP contribution in [0.4, 0.5) is 0 Å². The van der Waals surface area contributed by atoms with Gasteiger partial charge in [0.15, 0.2) is 5.78 Å². The van der Waals surface area contributed by atoms with Gasteiger partial charge in [-0.1, -0.05) is 50.1 Å². The van der Waals surface area contributed by atoms with E-state index in [9.17, 15) is 9.59 Å². The van der Waals surface area contributed by atoms with Gasteiger partial charge in [0.05, 0.1) is 12.5 Å². The predicted molar refractivity (Wildman–Crippen MR) is 81.4 cm³/mol. The van der Waals surface area contributed by atoms with Gasteiger partial charge in [0.1, 0.15) is 0 Å². The summed E-state index contributed by atoms with van der Waals surface area (Å²) in [4.78, 5) is 25.5. The highest BCUT2D eigenvalue weighted by Gasteiger charge is 2.27. The van der Waals surface area contributed by atoms with Crippen molar-refractivity contribution >= 4 is 11.8 Å². The topological polar surface area (TPSA) is 57.6 Å². The Labute approximate surface area is 125 Å². The third-order valence-corrected chi connectivity index (χ3v) is 4.21. The molecule has 4 nitrogen and oxygen atoms in total. The number of benzene rings is 1. The normalized spacial score (nSPS) is 17.0. The summed E-state index contributed by atoms with van der Waals surface area (Å²) in [5.41, 5.74) is 0.698. The van der Waals surface area contributed by atoms with Crippen molar-refractivity contribution in [1.82, 2.24) is 4.90 Å². The second-order valence-corrected chi connectivity index (χ2v) is 5.90. The number of ketones is 1. The molecule has 1 aliphatic carbocycles. The number of hydrogen-bond donors (Lipinski definition) is 1. The van der Waals surface area contributed by atoms with Crippen LogP contribution in [-0.4, -0.2) is 40.9 Å². The van der Waals surface area contributed by atoms with Gasteiger partial charge in [-0.05, 0) is 12.8 Å². The van der Waals surface area contributed by atoms with Crippen LogP contribution in [0, 0.1) is 5.92 Å². The maximum absolute atomic E-state index is 12.4. The molecule has 0 radical (unpaired) electrons. The van der Waals surface area contributed by atoms with Crippen LogP contribution in [0.5, 0.6) is 0 Å². The number of carboxylic acids is 1. The molecule has 0 saturated heterocycles. The third-order valence-electron chi connectivity index (χ3n) is 4.21. The van der Waals surface area contributed by atoms with Crippen molar-refractivity contribution in [3.05, 3.63) is 35.9 Å². The molecule has 0 heterocycles. The third kappa shape index (κ3) is 4.39. The van der Waals surface area contributed by atoms with E-state index in [1.807, 2.05) is 30.3 Å². The number of hydrogen-bond acceptors (Lipinski definition) is 3. The first-order chi connectivity index (χ1) is 10.1. The van der Waals surface area contributed by atoms with Gasteiger partial charge in [0, 0.05) is 18.2 Å². The maximum Gasteiger partial charge on any atom is 0.307 e. The van der Waals surface area contributed by atoms with Crippen LogP contribution < -0.4 is 0 Å². The first-order valence-corrected chi connectivity index (χ1v) is 7.63. The van der Waals surface area contributed by atoms with E-state index in [4.69, 9.17) is 5.11 Å². The lowest BCUT2D eigenvalue weighted by atomic mass is 10.1. The van der Waals surface area contributed by atoms with Gasteiger partial charge in [-0.15, -0.1) is 0 Å². The zero-order chi connectivity index (χ0) is 15.2. The monoisotopic (exact) mass is 289 g/mol. The summed E-state index contributed by atoms with van der Waals surface area (Å²) >= 11 is 0. The number of rotatable bonds is 7. The average Bonchev–Trinajstić information content (AvgIpc) is 3.01. The molecule has 1 saturated carbocycles. The fraction of sp³-hybridized carbons (Fsp3) is 0.529. The van der Waals surface area contributed by atoms with Crippen LogP contribution in [0.2, 0.25) is 0 Å². The van der Waals surface area contributed by atoms with Gasteiger partial charge in [-0.2, -0.15) is 0 Å². The van der Waals surface area contributed by atoms with E-state index in [2.05, 4.69) is 4.90 Å². The average molecular weight is 289 g/mol. The Balaban J connectivity index is 2.04. The van der Waals surface area contributed by atoms with Crippen LogP contribution in [-0.2, 0) is 4.79 Å². The molecule has 0 spiro atoms. The number of carbonyl (C=O) groups is 2. The van der Waals surface area contributed by atoms with Crippen LogP contribution in [0.15, 0.2) is 30.3 Å². The first kappa shape index (κ1) is 15.7. The maximum atomic E-state index is 12.4. The molecule has 2 rings (SSSR count). The van der Waals surface area contributed by atoms with E-state index in [1.165, 1.54) is 12.8 Å². The van der Waals surface area contributed by atoms with Crippen LogP contribution in [0.3, 0.4) is 0 Å². The van der Waals surface area contributed by atoms with Crippen molar-refractivity contribution < 1.29 is 14.7 Å². The Hall–Kier alpha value is -1.68. The Morgan fingerprint density at radius 1 is 1.24 bits per heavy atom. The van der Waals surface area contributed by atoms with Gasteiger partial charge in [0.25, 0.3) is 0 Å². The molecule has 1 N–H and O–H groups in total. The standard InChI is InChI=1S/C17H23NO3/c1-13(17(20)21)11-18(15-9-5-6-10-15)12-16(19)14-7-3-2-4-8-14/h2-4,7-8,13,15H,5-6,9-12H2,1H3,(H,20,21). The predicted octanol–water partition coefficient (Wildman–Crippen LogP) is 2.83. The molecular formula is C17H23NO3. The number of Topliss-reactive ketones (excluding diaryl/α,β-unsaturated/α-hetero) is 1. The number of aliphatic carboxylic acids is 1. The molecule has 21 heavy (non-hydrogen) atoms. The fourth-order valence-corrected chi connectivity index (χ4v) is 2.94. The molecular weight excluding hydrogens is 266 g/mol. The highest BCUT2D eigenvalue weighted by atomic mass is 16.4. The molecule has 0 aromatic heterocycles. The zero-order valence-electron chi connectivity index (χ0n) is 12.5. The molecule has 1 aromatic carbocycles. The molecule has 1 fully saturated rings. The van der Waals surface area contributed by atoms with Gasteiger partial charge in [-0.25, -0.2) is 0 Å².